The Bertz CT molecular complexity index is 428. The van der Waals surface area contributed by atoms with Crippen LogP contribution in [0.3, 0.4) is 0 Å². The Balaban J connectivity index is 1.90. The van der Waals surface area contributed by atoms with Crippen LogP contribution >= 0.6 is 27.5 Å². The molecule has 0 spiro atoms. The quantitative estimate of drug-likeness (QED) is 0.865. The normalized spacial score (nSPS) is 18.2. The first-order valence-corrected chi connectivity index (χ1v) is 8.03. The van der Waals surface area contributed by atoms with Gasteiger partial charge in [0.1, 0.15) is 0 Å². The van der Waals surface area contributed by atoms with Crippen LogP contribution in [0.2, 0.25) is 5.02 Å². The van der Waals surface area contributed by atoms with Crippen LogP contribution in [0.4, 0.5) is 0 Å². The molecule has 0 atom stereocenters. The van der Waals surface area contributed by atoms with Crippen LogP contribution in [-0.4, -0.2) is 31.1 Å². The predicted molar refractivity (Wildman–Crippen MR) is 85.7 cm³/mol. The minimum absolute atomic E-state index is 0.346. The van der Waals surface area contributed by atoms with E-state index in [9.17, 15) is 0 Å². The van der Waals surface area contributed by atoms with Crippen LogP contribution in [0.1, 0.15) is 31.2 Å². The van der Waals surface area contributed by atoms with Crippen molar-refractivity contribution in [3.8, 4) is 0 Å². The molecule has 1 aromatic carbocycles. The first-order chi connectivity index (χ1) is 9.03. The summed E-state index contributed by atoms with van der Waals surface area (Å²) in [5.74, 6) is 0. The minimum atomic E-state index is 0.346. The highest BCUT2D eigenvalue weighted by Crippen LogP contribution is 2.33. The number of hydrogen-bond donors (Lipinski definition) is 1. The van der Waals surface area contributed by atoms with E-state index in [1.807, 2.05) is 12.1 Å². The van der Waals surface area contributed by atoms with E-state index < -0.39 is 0 Å². The molecule has 106 valence electrons. The lowest BCUT2D eigenvalue weighted by molar-refractivity contribution is 0.153. The molecule has 0 heterocycles. The summed E-state index contributed by atoms with van der Waals surface area (Å²) in [5, 5.41) is 4.38. The number of nitrogens with zero attached hydrogens (tertiary/aromatic N) is 1. The molecular weight excluding hydrogens is 324 g/mol. The fourth-order valence-corrected chi connectivity index (χ4v) is 3.35. The maximum absolute atomic E-state index is 6.11. The van der Waals surface area contributed by atoms with E-state index in [4.69, 9.17) is 11.6 Å². The van der Waals surface area contributed by atoms with E-state index >= 15 is 0 Å². The second-order valence-electron chi connectivity index (χ2n) is 5.68. The van der Waals surface area contributed by atoms with Crippen LogP contribution in [0.5, 0.6) is 0 Å². The zero-order valence-electron chi connectivity index (χ0n) is 11.7. The lowest BCUT2D eigenvalue weighted by Crippen LogP contribution is -2.49. The molecule has 1 N–H and O–H groups in total. The highest BCUT2D eigenvalue weighted by Gasteiger charge is 2.35. The average molecular weight is 346 g/mol. The average Bonchev–Trinajstić information content (AvgIpc) is 2.84. The van der Waals surface area contributed by atoms with Gasteiger partial charge in [0.15, 0.2) is 0 Å². The van der Waals surface area contributed by atoms with Crippen molar-refractivity contribution in [2.45, 2.75) is 37.8 Å². The summed E-state index contributed by atoms with van der Waals surface area (Å²) in [4.78, 5) is 2.39. The molecule has 1 aliphatic rings. The zero-order valence-corrected chi connectivity index (χ0v) is 14.0. The molecule has 2 rings (SSSR count). The van der Waals surface area contributed by atoms with Crippen molar-refractivity contribution in [3.05, 3.63) is 33.3 Å². The SMILES string of the molecule is CN(C)C1(CNCc2ccc(Br)c(Cl)c2)CCCC1. The van der Waals surface area contributed by atoms with Gasteiger partial charge in [-0.2, -0.15) is 0 Å². The van der Waals surface area contributed by atoms with Crippen LogP contribution in [0.15, 0.2) is 22.7 Å². The number of rotatable bonds is 5. The molecule has 1 aliphatic carbocycles. The third kappa shape index (κ3) is 3.72. The number of nitrogens with one attached hydrogen (secondary N) is 1. The summed E-state index contributed by atoms with van der Waals surface area (Å²) in [6.07, 6.45) is 5.30. The molecule has 0 unspecified atom stereocenters. The highest BCUT2D eigenvalue weighted by atomic mass is 79.9. The van der Waals surface area contributed by atoms with Crippen molar-refractivity contribution in [2.24, 2.45) is 0 Å². The van der Waals surface area contributed by atoms with Crippen LogP contribution in [-0.2, 0) is 6.54 Å². The molecule has 0 bridgehead atoms. The van der Waals surface area contributed by atoms with Crippen molar-refractivity contribution < 1.29 is 0 Å². The van der Waals surface area contributed by atoms with Gasteiger partial charge in [-0.05, 0) is 60.6 Å². The Kier molecular flexibility index (Phi) is 5.29. The molecule has 1 saturated carbocycles. The molecule has 0 amide bonds. The maximum Gasteiger partial charge on any atom is 0.0551 e. The summed E-state index contributed by atoms with van der Waals surface area (Å²) in [6, 6.07) is 6.15. The van der Waals surface area contributed by atoms with E-state index in [-0.39, 0.29) is 0 Å². The highest BCUT2D eigenvalue weighted by molar-refractivity contribution is 9.10. The molecule has 1 aromatic rings. The second kappa shape index (κ2) is 6.57. The Morgan fingerprint density at radius 3 is 2.58 bits per heavy atom. The molecule has 4 heteroatoms. The standard InChI is InChI=1S/C15H22BrClN2/c1-19(2)15(7-3-4-8-15)11-18-10-12-5-6-13(16)14(17)9-12/h5-6,9,18H,3-4,7-8,10-11H2,1-2H3. The monoisotopic (exact) mass is 344 g/mol. The van der Waals surface area contributed by atoms with Gasteiger partial charge in [-0.25, -0.2) is 0 Å². The van der Waals surface area contributed by atoms with Gasteiger partial charge in [-0.3, -0.25) is 0 Å². The van der Waals surface area contributed by atoms with Gasteiger partial charge in [-0.15, -0.1) is 0 Å². The fraction of sp³-hybridized carbons (Fsp3) is 0.600. The molecule has 0 saturated heterocycles. The van der Waals surface area contributed by atoms with Crippen molar-refractivity contribution in [3.63, 3.8) is 0 Å². The summed E-state index contributed by atoms with van der Waals surface area (Å²) in [5.41, 5.74) is 1.58. The number of benzene rings is 1. The Morgan fingerprint density at radius 2 is 2.00 bits per heavy atom. The second-order valence-corrected chi connectivity index (χ2v) is 6.94. The Hall–Kier alpha value is -0.0900. The number of halogens is 2. The fourth-order valence-electron chi connectivity index (χ4n) is 2.90. The lowest BCUT2D eigenvalue weighted by atomic mass is 9.96. The summed E-state index contributed by atoms with van der Waals surface area (Å²) < 4.78 is 0.957. The van der Waals surface area contributed by atoms with Crippen molar-refractivity contribution in [1.29, 1.82) is 0 Å². The Labute approximate surface area is 129 Å². The van der Waals surface area contributed by atoms with E-state index in [0.717, 1.165) is 22.6 Å². The first-order valence-electron chi connectivity index (χ1n) is 6.86. The molecular formula is C15H22BrClN2. The molecule has 2 nitrogen and oxygen atoms in total. The molecule has 19 heavy (non-hydrogen) atoms. The van der Waals surface area contributed by atoms with Crippen LogP contribution < -0.4 is 5.32 Å². The van der Waals surface area contributed by atoms with Crippen molar-refractivity contribution >= 4 is 27.5 Å². The molecule has 0 aromatic heterocycles. The molecule has 0 aliphatic heterocycles. The van der Waals surface area contributed by atoms with Crippen molar-refractivity contribution in [1.82, 2.24) is 10.2 Å². The predicted octanol–water partition coefficient (Wildman–Crippen LogP) is 4.07. The topological polar surface area (TPSA) is 15.3 Å². The van der Waals surface area contributed by atoms with E-state index in [1.54, 1.807) is 0 Å². The van der Waals surface area contributed by atoms with Gasteiger partial charge >= 0.3 is 0 Å². The molecule has 1 fully saturated rings. The zero-order chi connectivity index (χ0) is 13.9. The van der Waals surface area contributed by atoms with Gasteiger partial charge in [0.25, 0.3) is 0 Å². The van der Waals surface area contributed by atoms with Crippen LogP contribution in [0.25, 0.3) is 0 Å². The third-order valence-electron chi connectivity index (χ3n) is 4.25. The lowest BCUT2D eigenvalue weighted by Gasteiger charge is -2.36. The largest absolute Gasteiger partial charge is 0.311 e. The van der Waals surface area contributed by atoms with Crippen molar-refractivity contribution in [2.75, 3.05) is 20.6 Å². The summed E-state index contributed by atoms with van der Waals surface area (Å²) >= 11 is 9.53. The van der Waals surface area contributed by atoms with Gasteiger partial charge in [0.2, 0.25) is 0 Å². The minimum Gasteiger partial charge on any atom is -0.311 e. The van der Waals surface area contributed by atoms with Crippen LogP contribution in [0, 0.1) is 0 Å². The number of likely N-dealkylation sites (N-methyl/N-ethyl adjacent to an activating group) is 1. The number of hydrogen-bond acceptors (Lipinski definition) is 2. The molecule has 0 radical (unpaired) electrons. The maximum atomic E-state index is 6.11. The first kappa shape index (κ1) is 15.3. The Morgan fingerprint density at radius 1 is 1.32 bits per heavy atom. The summed E-state index contributed by atoms with van der Waals surface area (Å²) in [7, 11) is 4.40. The van der Waals surface area contributed by atoms with E-state index in [0.29, 0.717) is 5.54 Å². The third-order valence-corrected chi connectivity index (χ3v) is 5.48. The van der Waals surface area contributed by atoms with E-state index in [2.05, 4.69) is 46.3 Å². The smallest absolute Gasteiger partial charge is 0.0551 e. The van der Waals surface area contributed by atoms with Gasteiger partial charge in [-0.1, -0.05) is 30.5 Å². The van der Waals surface area contributed by atoms with Gasteiger partial charge in [0.05, 0.1) is 5.02 Å². The van der Waals surface area contributed by atoms with Gasteiger partial charge in [0, 0.05) is 23.1 Å². The van der Waals surface area contributed by atoms with E-state index in [1.165, 1.54) is 31.2 Å². The van der Waals surface area contributed by atoms with Gasteiger partial charge < -0.3 is 10.2 Å². The summed E-state index contributed by atoms with van der Waals surface area (Å²) in [6.45, 7) is 1.93.